The molecule has 1 heterocycles. The topological polar surface area (TPSA) is 92.7 Å². The lowest BCUT2D eigenvalue weighted by atomic mass is 10.1. The normalized spacial score (nSPS) is 11.0. The maximum absolute atomic E-state index is 12.0. The molecule has 0 unspecified atom stereocenters. The number of hydrogen-bond acceptors (Lipinski definition) is 4. The number of aliphatic hydroxyl groups is 1. The van der Waals surface area contributed by atoms with Gasteiger partial charge in [0.1, 0.15) is 0 Å². The zero-order valence-corrected chi connectivity index (χ0v) is 11.5. The molecule has 0 fully saturated rings. The van der Waals surface area contributed by atoms with Crippen LogP contribution in [-0.4, -0.2) is 20.7 Å². The molecule has 112 valence electrons. The molecule has 0 saturated carbocycles. The number of aliphatic hydroxyl groups excluding tert-OH is 1. The molecule has 1 aromatic heterocycles. The van der Waals surface area contributed by atoms with Gasteiger partial charge in [-0.1, -0.05) is 18.2 Å². The summed E-state index contributed by atoms with van der Waals surface area (Å²) in [6, 6.07) is 11.4. The number of carboxylic acids is 1. The lowest BCUT2D eigenvalue weighted by Crippen LogP contribution is -2.15. The van der Waals surface area contributed by atoms with Crippen LogP contribution < -0.4 is 5.76 Å². The predicted molar refractivity (Wildman–Crippen MR) is 78.9 cm³/mol. The fourth-order valence-corrected chi connectivity index (χ4v) is 2.34. The third kappa shape index (κ3) is 2.51. The van der Waals surface area contributed by atoms with Crippen molar-refractivity contribution in [2.24, 2.45) is 0 Å². The molecule has 0 atom stereocenters. The van der Waals surface area contributed by atoms with Gasteiger partial charge in [0.15, 0.2) is 5.58 Å². The number of fused-ring (bicyclic) bond motifs is 1. The second-order valence-electron chi connectivity index (χ2n) is 4.92. The number of benzene rings is 2. The third-order valence-electron chi connectivity index (χ3n) is 3.43. The van der Waals surface area contributed by atoms with E-state index in [9.17, 15) is 14.7 Å². The van der Waals surface area contributed by atoms with Crippen LogP contribution in [0.15, 0.2) is 51.7 Å². The van der Waals surface area contributed by atoms with Crippen molar-refractivity contribution >= 4 is 17.1 Å². The molecular formula is C16H13NO5. The quantitative estimate of drug-likeness (QED) is 0.766. The third-order valence-corrected chi connectivity index (χ3v) is 3.43. The van der Waals surface area contributed by atoms with Gasteiger partial charge in [0, 0.05) is 0 Å². The van der Waals surface area contributed by atoms with Gasteiger partial charge in [-0.3, -0.25) is 4.57 Å². The zero-order chi connectivity index (χ0) is 15.7. The first-order valence-corrected chi connectivity index (χ1v) is 6.64. The Labute approximate surface area is 124 Å². The summed E-state index contributed by atoms with van der Waals surface area (Å²) in [5.74, 6) is -1.54. The van der Waals surface area contributed by atoms with Crippen LogP contribution >= 0.6 is 0 Å². The summed E-state index contributed by atoms with van der Waals surface area (Å²) in [6.45, 7) is 0.0612. The fraction of sp³-hybridized carbons (Fsp3) is 0.125. The molecule has 3 rings (SSSR count). The summed E-state index contributed by atoms with van der Waals surface area (Å²) >= 11 is 0. The van der Waals surface area contributed by atoms with Crippen LogP contribution in [0.2, 0.25) is 0 Å². The van der Waals surface area contributed by atoms with Crippen LogP contribution in [0, 0.1) is 0 Å². The first-order valence-electron chi connectivity index (χ1n) is 6.64. The number of carbonyl (C=O) groups is 1. The summed E-state index contributed by atoms with van der Waals surface area (Å²) in [6.07, 6.45) is 0. The Hall–Kier alpha value is -2.86. The molecule has 3 aromatic rings. The van der Waals surface area contributed by atoms with Gasteiger partial charge in [0.2, 0.25) is 0 Å². The summed E-state index contributed by atoms with van der Waals surface area (Å²) < 4.78 is 6.57. The minimum absolute atomic E-state index is 0.135. The molecule has 2 aromatic carbocycles. The van der Waals surface area contributed by atoms with Gasteiger partial charge < -0.3 is 14.6 Å². The van der Waals surface area contributed by atoms with Crippen molar-refractivity contribution in [3.63, 3.8) is 0 Å². The molecule has 0 aliphatic rings. The van der Waals surface area contributed by atoms with Gasteiger partial charge in [-0.05, 0) is 35.4 Å². The molecule has 6 nitrogen and oxygen atoms in total. The Balaban J connectivity index is 2.06. The fourth-order valence-electron chi connectivity index (χ4n) is 2.34. The molecule has 6 heteroatoms. The number of aromatic carboxylic acids is 1. The van der Waals surface area contributed by atoms with Crippen LogP contribution in [0.4, 0.5) is 0 Å². The van der Waals surface area contributed by atoms with Crippen molar-refractivity contribution in [1.29, 1.82) is 0 Å². The Bertz CT molecular complexity index is 906. The minimum Gasteiger partial charge on any atom is -0.478 e. The van der Waals surface area contributed by atoms with Crippen molar-refractivity contribution in [3.8, 4) is 0 Å². The number of rotatable bonds is 4. The van der Waals surface area contributed by atoms with Crippen LogP contribution in [-0.2, 0) is 13.2 Å². The number of oxazole rings is 1. The largest absolute Gasteiger partial charge is 0.478 e. The van der Waals surface area contributed by atoms with Crippen LogP contribution in [0.25, 0.3) is 11.1 Å². The molecule has 22 heavy (non-hydrogen) atoms. The highest BCUT2D eigenvalue weighted by Gasteiger charge is 2.11. The van der Waals surface area contributed by atoms with Gasteiger partial charge in [-0.25, -0.2) is 9.59 Å². The summed E-state index contributed by atoms with van der Waals surface area (Å²) in [4.78, 5) is 23.0. The second kappa shape index (κ2) is 5.50. The van der Waals surface area contributed by atoms with E-state index in [4.69, 9.17) is 9.52 Å². The molecular weight excluding hydrogens is 286 g/mol. The number of aromatic nitrogens is 1. The lowest BCUT2D eigenvalue weighted by Gasteiger charge is -2.04. The van der Waals surface area contributed by atoms with E-state index >= 15 is 0 Å². The summed E-state index contributed by atoms with van der Waals surface area (Å²) in [7, 11) is 0. The Morgan fingerprint density at radius 1 is 1.14 bits per heavy atom. The lowest BCUT2D eigenvalue weighted by molar-refractivity contribution is 0.0696. The Morgan fingerprint density at radius 2 is 1.95 bits per heavy atom. The van der Waals surface area contributed by atoms with Crippen molar-refractivity contribution in [2.75, 3.05) is 0 Å². The van der Waals surface area contributed by atoms with Crippen LogP contribution in [0.1, 0.15) is 21.5 Å². The molecule has 0 amide bonds. The van der Waals surface area contributed by atoms with Crippen LogP contribution in [0.5, 0.6) is 0 Å². The maximum Gasteiger partial charge on any atom is 0.420 e. The van der Waals surface area contributed by atoms with E-state index in [2.05, 4.69) is 0 Å². The highest BCUT2D eigenvalue weighted by molar-refractivity contribution is 5.87. The SMILES string of the molecule is O=C(O)c1cccc(Cn2c(=O)oc3ccc(CO)cc32)c1. The average Bonchev–Trinajstić information content (AvgIpc) is 2.83. The van der Waals surface area contributed by atoms with Gasteiger partial charge in [0.05, 0.1) is 24.2 Å². The van der Waals surface area contributed by atoms with Crippen molar-refractivity contribution in [2.45, 2.75) is 13.2 Å². The molecule has 2 N–H and O–H groups in total. The minimum atomic E-state index is -1.02. The van der Waals surface area contributed by atoms with Gasteiger partial charge in [0.25, 0.3) is 0 Å². The average molecular weight is 299 g/mol. The van der Waals surface area contributed by atoms with Crippen molar-refractivity contribution in [3.05, 3.63) is 69.7 Å². The van der Waals surface area contributed by atoms with Crippen LogP contribution in [0.3, 0.4) is 0 Å². The smallest absolute Gasteiger partial charge is 0.420 e. The number of hydrogen-bond donors (Lipinski definition) is 2. The zero-order valence-electron chi connectivity index (χ0n) is 11.5. The summed E-state index contributed by atoms with van der Waals surface area (Å²) in [5, 5.41) is 18.2. The molecule has 0 spiro atoms. The van der Waals surface area contributed by atoms with E-state index < -0.39 is 11.7 Å². The highest BCUT2D eigenvalue weighted by Crippen LogP contribution is 2.17. The monoisotopic (exact) mass is 299 g/mol. The number of carboxylic acid groups (broad SMARTS) is 1. The Morgan fingerprint density at radius 3 is 2.68 bits per heavy atom. The van der Waals surface area contributed by atoms with Gasteiger partial charge in [-0.15, -0.1) is 0 Å². The first-order chi connectivity index (χ1) is 10.6. The van der Waals surface area contributed by atoms with Crippen molar-refractivity contribution in [1.82, 2.24) is 4.57 Å². The molecule has 0 radical (unpaired) electrons. The van der Waals surface area contributed by atoms with Gasteiger partial charge >= 0.3 is 11.7 Å². The van der Waals surface area contributed by atoms with E-state index in [1.165, 1.54) is 16.7 Å². The summed E-state index contributed by atoms with van der Waals surface area (Å²) in [5.41, 5.74) is 2.50. The van der Waals surface area contributed by atoms with E-state index in [1.54, 1.807) is 30.3 Å². The molecule has 0 saturated heterocycles. The van der Waals surface area contributed by atoms with E-state index in [-0.39, 0.29) is 18.7 Å². The predicted octanol–water partition coefficient (Wildman–Crippen LogP) is 1.83. The molecule has 0 aliphatic heterocycles. The standard InChI is InChI=1S/C16H13NO5/c18-9-11-4-5-14-13(7-11)17(16(21)22-14)8-10-2-1-3-12(6-10)15(19)20/h1-7,18H,8-9H2,(H,19,20). The second-order valence-corrected chi connectivity index (χ2v) is 4.92. The van der Waals surface area contributed by atoms with E-state index in [0.717, 1.165) is 0 Å². The van der Waals surface area contributed by atoms with E-state index in [1.807, 2.05) is 0 Å². The Kier molecular flexibility index (Phi) is 3.52. The number of nitrogens with zero attached hydrogens (tertiary/aromatic N) is 1. The van der Waals surface area contributed by atoms with Gasteiger partial charge in [-0.2, -0.15) is 0 Å². The molecule has 0 aliphatic carbocycles. The van der Waals surface area contributed by atoms with E-state index in [0.29, 0.717) is 22.2 Å². The highest BCUT2D eigenvalue weighted by atomic mass is 16.4. The maximum atomic E-state index is 12.0. The van der Waals surface area contributed by atoms with Crippen molar-refractivity contribution < 1.29 is 19.4 Å². The first kappa shape index (κ1) is 14.1. The molecule has 0 bridgehead atoms.